The van der Waals surface area contributed by atoms with E-state index in [0.717, 1.165) is 6.42 Å². The molecule has 0 bridgehead atoms. The zero-order valence-corrected chi connectivity index (χ0v) is 22.3. The van der Waals surface area contributed by atoms with Crippen molar-refractivity contribution in [2.75, 3.05) is 0 Å². The van der Waals surface area contributed by atoms with Crippen LogP contribution in [0.4, 0.5) is 0 Å². The van der Waals surface area contributed by atoms with Crippen molar-refractivity contribution in [3.63, 3.8) is 0 Å². The summed E-state index contributed by atoms with van der Waals surface area (Å²) in [5, 5.41) is 6.36. The number of rotatable bonds is 5. The molecule has 3 rings (SSSR count). The molecule has 0 fully saturated rings. The highest BCUT2D eigenvalue weighted by molar-refractivity contribution is 7.06. The molecule has 1 N–H and O–H groups in total. The van der Waals surface area contributed by atoms with Gasteiger partial charge < -0.3 is 4.98 Å². The molecule has 0 amide bonds. The van der Waals surface area contributed by atoms with E-state index < -0.39 is 17.0 Å². The van der Waals surface area contributed by atoms with Crippen molar-refractivity contribution in [2.45, 2.75) is 66.6 Å². The number of hydrogen-bond acceptors (Lipinski definition) is 1. The van der Waals surface area contributed by atoms with Gasteiger partial charge in [0.15, 0.2) is 0 Å². The van der Waals surface area contributed by atoms with E-state index in [1.165, 1.54) is 10.4 Å². The van der Waals surface area contributed by atoms with Crippen LogP contribution in [-0.2, 0) is 0 Å². The number of hydrogen-bond donors (Lipinski definition) is 1. The molecular formula is C27H39NSi2. The normalized spacial score (nSPS) is 15.7. The van der Waals surface area contributed by atoms with Gasteiger partial charge in [0.2, 0.25) is 8.24 Å². The summed E-state index contributed by atoms with van der Waals surface area (Å²) >= 11 is 0. The van der Waals surface area contributed by atoms with Gasteiger partial charge in [-0.15, -0.1) is 0 Å². The first-order valence-electron chi connectivity index (χ1n) is 11.3. The number of benzene rings is 2. The molecule has 3 heteroatoms. The molecule has 30 heavy (non-hydrogen) atoms. The van der Waals surface area contributed by atoms with Crippen LogP contribution >= 0.6 is 0 Å². The lowest BCUT2D eigenvalue weighted by atomic mass is 9.87. The molecule has 0 heterocycles. The van der Waals surface area contributed by atoms with Crippen LogP contribution in [0.15, 0.2) is 82.7 Å². The predicted molar refractivity (Wildman–Crippen MR) is 139 cm³/mol. The third-order valence-electron chi connectivity index (χ3n) is 5.94. The van der Waals surface area contributed by atoms with Crippen molar-refractivity contribution in [3.05, 3.63) is 82.7 Å². The predicted octanol–water partition coefficient (Wildman–Crippen LogP) is 5.37. The van der Waals surface area contributed by atoms with E-state index in [9.17, 15) is 0 Å². The van der Waals surface area contributed by atoms with Crippen molar-refractivity contribution in [2.24, 2.45) is 5.41 Å². The van der Waals surface area contributed by atoms with Gasteiger partial charge in [-0.25, -0.2) is 0 Å². The summed E-state index contributed by atoms with van der Waals surface area (Å²) in [7, 11) is -3.43. The second-order valence-corrected chi connectivity index (χ2v) is 17.4. The highest BCUT2D eigenvalue weighted by Gasteiger charge is 2.47. The van der Waals surface area contributed by atoms with Gasteiger partial charge in [0, 0.05) is 5.54 Å². The van der Waals surface area contributed by atoms with Crippen LogP contribution in [0.1, 0.15) is 48.0 Å². The van der Waals surface area contributed by atoms with Gasteiger partial charge in [0.25, 0.3) is 0 Å². The second-order valence-electron chi connectivity index (χ2n) is 11.0. The Morgan fingerprint density at radius 2 is 1.23 bits per heavy atom. The van der Waals surface area contributed by atoms with E-state index in [-0.39, 0.29) is 11.0 Å². The molecule has 1 aliphatic carbocycles. The van der Waals surface area contributed by atoms with Gasteiger partial charge in [0.1, 0.15) is 0 Å². The summed E-state index contributed by atoms with van der Waals surface area (Å²) in [6.07, 6.45) is 3.63. The maximum absolute atomic E-state index is 4.27. The van der Waals surface area contributed by atoms with Crippen molar-refractivity contribution in [3.8, 4) is 0 Å². The largest absolute Gasteiger partial charge is 0.322 e. The maximum atomic E-state index is 4.27. The monoisotopic (exact) mass is 433 g/mol. The lowest BCUT2D eigenvalue weighted by Gasteiger charge is -2.42. The average Bonchev–Trinajstić information content (AvgIpc) is 3.13. The van der Waals surface area contributed by atoms with E-state index in [0.29, 0.717) is 0 Å². The minimum atomic E-state index is -2.38. The van der Waals surface area contributed by atoms with Crippen LogP contribution in [0, 0.1) is 5.41 Å². The highest BCUT2D eigenvalue weighted by Crippen LogP contribution is 2.42. The number of nitrogens with one attached hydrogen (secondary N) is 1. The molecule has 0 unspecified atom stereocenters. The molecule has 0 radical (unpaired) electrons. The fourth-order valence-corrected chi connectivity index (χ4v) is 13.4. The van der Waals surface area contributed by atoms with Gasteiger partial charge in [-0.1, -0.05) is 111 Å². The SMILES string of the molecule is C[SiH](C)C1=C([Si](NC(C)(C)C)(c2ccccc2)c2ccccc2)CC=C1C(C)(C)C. The minimum absolute atomic E-state index is 0.0129. The first-order valence-corrected chi connectivity index (χ1v) is 16.2. The Balaban J connectivity index is 2.41. The average molecular weight is 434 g/mol. The lowest BCUT2D eigenvalue weighted by Crippen LogP contribution is -2.74. The summed E-state index contributed by atoms with van der Waals surface area (Å²) in [6.45, 7) is 19.1. The van der Waals surface area contributed by atoms with Gasteiger partial charge in [-0.2, -0.15) is 0 Å². The summed E-state index contributed by atoms with van der Waals surface area (Å²) in [4.78, 5) is 4.27. The second kappa shape index (κ2) is 8.45. The summed E-state index contributed by atoms with van der Waals surface area (Å²) < 4.78 is 0. The van der Waals surface area contributed by atoms with Gasteiger partial charge in [0.05, 0.1) is 8.80 Å². The smallest absolute Gasteiger partial charge is 0.218 e. The van der Waals surface area contributed by atoms with Gasteiger partial charge in [-0.3, -0.25) is 0 Å². The van der Waals surface area contributed by atoms with E-state index in [1.807, 2.05) is 0 Å². The zero-order valence-electron chi connectivity index (χ0n) is 20.1. The molecule has 0 spiro atoms. The van der Waals surface area contributed by atoms with E-state index in [4.69, 9.17) is 0 Å². The zero-order chi connectivity index (χ0) is 22.2. The molecule has 1 nitrogen and oxygen atoms in total. The first kappa shape index (κ1) is 23.0. The van der Waals surface area contributed by atoms with Gasteiger partial charge in [-0.05, 0) is 48.6 Å². The number of allylic oxidation sites excluding steroid dienone is 4. The Morgan fingerprint density at radius 1 is 0.767 bits per heavy atom. The molecule has 0 aliphatic heterocycles. The van der Waals surface area contributed by atoms with Crippen molar-refractivity contribution in [1.29, 1.82) is 0 Å². The Labute approximate surface area is 187 Å². The molecule has 0 saturated heterocycles. The first-order chi connectivity index (χ1) is 14.0. The van der Waals surface area contributed by atoms with Crippen LogP contribution < -0.4 is 15.4 Å². The Morgan fingerprint density at radius 3 is 1.60 bits per heavy atom. The van der Waals surface area contributed by atoms with E-state index in [2.05, 4.69) is 126 Å². The quantitative estimate of drug-likeness (QED) is 0.625. The third kappa shape index (κ3) is 4.49. The van der Waals surface area contributed by atoms with Crippen LogP contribution in [0.25, 0.3) is 0 Å². The fourth-order valence-electron chi connectivity index (χ4n) is 4.99. The molecule has 160 valence electrons. The summed E-state index contributed by atoms with van der Waals surface area (Å²) in [5.74, 6) is 0. The summed E-state index contributed by atoms with van der Waals surface area (Å²) in [5.41, 5.74) is 1.79. The molecule has 2 aromatic rings. The van der Waals surface area contributed by atoms with Gasteiger partial charge >= 0.3 is 0 Å². The van der Waals surface area contributed by atoms with Crippen LogP contribution in [-0.4, -0.2) is 22.6 Å². The summed E-state index contributed by atoms with van der Waals surface area (Å²) in [6, 6.07) is 22.6. The van der Waals surface area contributed by atoms with Crippen molar-refractivity contribution >= 4 is 27.4 Å². The Kier molecular flexibility index (Phi) is 6.47. The molecular weight excluding hydrogens is 394 g/mol. The minimum Gasteiger partial charge on any atom is -0.322 e. The molecule has 0 aromatic heterocycles. The Bertz CT molecular complexity index is 887. The molecule has 1 aliphatic rings. The standard InChI is InChI=1S/C27H39NSi2/c1-26(2,3)23-19-20-24(25(23)29(7)8)30(28-27(4,5)6,21-15-11-9-12-16-21)22-17-13-10-14-18-22/h9-19,28-29H,20H2,1-8H3. The van der Waals surface area contributed by atoms with Crippen LogP contribution in [0.2, 0.25) is 13.1 Å². The van der Waals surface area contributed by atoms with E-state index in [1.54, 1.807) is 16.0 Å². The molecule has 2 aromatic carbocycles. The van der Waals surface area contributed by atoms with Crippen LogP contribution in [0.5, 0.6) is 0 Å². The molecule has 0 atom stereocenters. The van der Waals surface area contributed by atoms with E-state index >= 15 is 0 Å². The molecule has 0 saturated carbocycles. The van der Waals surface area contributed by atoms with Crippen LogP contribution in [0.3, 0.4) is 0 Å². The third-order valence-corrected chi connectivity index (χ3v) is 12.9. The lowest BCUT2D eigenvalue weighted by molar-refractivity contribution is 0.514. The maximum Gasteiger partial charge on any atom is 0.218 e. The topological polar surface area (TPSA) is 12.0 Å². The Hall–Kier alpha value is -1.69. The fraction of sp³-hybridized carbons (Fsp3) is 0.407. The van der Waals surface area contributed by atoms with Crippen molar-refractivity contribution < 1.29 is 0 Å². The van der Waals surface area contributed by atoms with Crippen molar-refractivity contribution in [1.82, 2.24) is 4.98 Å². The highest BCUT2D eigenvalue weighted by atomic mass is 28.3.